The summed E-state index contributed by atoms with van der Waals surface area (Å²) < 4.78 is 34.0. The Morgan fingerprint density at radius 1 is 1.08 bits per heavy atom. The zero-order valence-corrected chi connectivity index (χ0v) is 29.8. The monoisotopic (exact) mass is 705 g/mol. The number of sulfonamides is 1. The van der Waals surface area contributed by atoms with Gasteiger partial charge < -0.3 is 20.1 Å². The number of methoxy groups -OCH3 is 1. The molecule has 2 amide bonds. The Bertz CT molecular complexity index is 1830. The molecule has 1 aliphatic rings. The Labute approximate surface area is 292 Å². The van der Waals surface area contributed by atoms with E-state index in [0.29, 0.717) is 12.3 Å². The standard InChI is InChI=1S/C36H43N5O6S2/c1-24(2)21-40(49(45,46)30-14-12-29(47-4)13-15-30)22-33(42)31(17-26-9-6-5-7-10-26)39-34(43)27-18-28(20-37-19-27)36(44)41-16-8-11-32(41)35-38-25(3)23-48-35/h5-7,9-10,12-15,18-20,23-24,31-33,42H,8,11,16-17,21-22H2,1-4H3,(H,39,43)/t31-,32+,33+/m0/s1. The first kappa shape index (κ1) is 36.1. The molecule has 0 unspecified atom stereocenters. The third-order valence-electron chi connectivity index (χ3n) is 8.42. The van der Waals surface area contributed by atoms with Crippen molar-refractivity contribution in [1.29, 1.82) is 0 Å². The lowest BCUT2D eigenvalue weighted by Gasteiger charge is -2.31. The molecule has 1 aliphatic heterocycles. The summed E-state index contributed by atoms with van der Waals surface area (Å²) in [5, 5.41) is 17.4. The van der Waals surface area contributed by atoms with Crippen LogP contribution in [0.3, 0.4) is 0 Å². The zero-order valence-electron chi connectivity index (χ0n) is 28.2. The fourth-order valence-electron chi connectivity index (χ4n) is 5.95. The topological polar surface area (TPSA) is 142 Å². The van der Waals surface area contributed by atoms with E-state index in [2.05, 4.69) is 15.3 Å². The summed E-state index contributed by atoms with van der Waals surface area (Å²) in [6, 6.07) is 16.0. The maximum atomic E-state index is 13.8. The fourth-order valence-corrected chi connectivity index (χ4v) is 8.52. The number of carbonyl (C=O) groups is 2. The molecule has 2 aromatic carbocycles. The van der Waals surface area contributed by atoms with Gasteiger partial charge >= 0.3 is 0 Å². The number of ether oxygens (including phenoxy) is 1. The van der Waals surface area contributed by atoms with Gasteiger partial charge in [0.05, 0.1) is 41.3 Å². The van der Waals surface area contributed by atoms with E-state index in [1.165, 1.54) is 53.3 Å². The van der Waals surface area contributed by atoms with Gasteiger partial charge in [-0.1, -0.05) is 44.2 Å². The minimum atomic E-state index is -4.00. The number of thiazole rings is 1. The first-order valence-electron chi connectivity index (χ1n) is 16.3. The Kier molecular flexibility index (Phi) is 11.8. The van der Waals surface area contributed by atoms with Crippen LogP contribution in [0.4, 0.5) is 0 Å². The van der Waals surface area contributed by atoms with Gasteiger partial charge in [0.15, 0.2) is 0 Å². The number of rotatable bonds is 14. The summed E-state index contributed by atoms with van der Waals surface area (Å²) in [6.07, 6.45) is 3.45. The minimum Gasteiger partial charge on any atom is -0.497 e. The maximum absolute atomic E-state index is 13.8. The van der Waals surface area contributed by atoms with Crippen molar-refractivity contribution in [3.8, 4) is 5.75 Å². The van der Waals surface area contributed by atoms with Crippen LogP contribution in [-0.4, -0.2) is 83.4 Å². The van der Waals surface area contributed by atoms with Gasteiger partial charge in [-0.05, 0) is 68.0 Å². The lowest BCUT2D eigenvalue weighted by Crippen LogP contribution is -2.51. The average Bonchev–Trinajstić information content (AvgIpc) is 3.77. The second kappa shape index (κ2) is 16.0. The van der Waals surface area contributed by atoms with Crippen LogP contribution in [0.5, 0.6) is 5.75 Å². The van der Waals surface area contributed by atoms with E-state index in [0.717, 1.165) is 29.1 Å². The quantitative estimate of drug-likeness (QED) is 0.189. The number of carbonyl (C=O) groups excluding carboxylic acids is 2. The van der Waals surface area contributed by atoms with Crippen molar-refractivity contribution >= 4 is 33.2 Å². The highest BCUT2D eigenvalue weighted by Gasteiger charge is 2.34. The summed E-state index contributed by atoms with van der Waals surface area (Å²) in [5.41, 5.74) is 2.20. The third kappa shape index (κ3) is 8.90. The van der Waals surface area contributed by atoms with Crippen LogP contribution in [0.2, 0.25) is 0 Å². The Hall–Kier alpha value is -4.17. The molecule has 3 heterocycles. The maximum Gasteiger partial charge on any atom is 0.256 e. The van der Waals surface area contributed by atoms with Crippen LogP contribution in [0.1, 0.15) is 69.7 Å². The number of amides is 2. The van der Waals surface area contributed by atoms with Crippen LogP contribution >= 0.6 is 11.3 Å². The zero-order chi connectivity index (χ0) is 35.1. The highest BCUT2D eigenvalue weighted by atomic mass is 32.2. The molecular weight excluding hydrogens is 663 g/mol. The van der Waals surface area contributed by atoms with Gasteiger partial charge in [0.1, 0.15) is 10.8 Å². The van der Waals surface area contributed by atoms with Gasteiger partial charge in [-0.15, -0.1) is 11.3 Å². The first-order chi connectivity index (χ1) is 23.5. The summed E-state index contributed by atoms with van der Waals surface area (Å²) in [4.78, 5) is 38.1. The normalized spacial score (nSPS) is 16.1. The van der Waals surface area contributed by atoms with Crippen molar-refractivity contribution < 1.29 is 27.9 Å². The van der Waals surface area contributed by atoms with Crippen molar-refractivity contribution in [2.75, 3.05) is 26.7 Å². The molecule has 0 radical (unpaired) electrons. The molecule has 2 aromatic heterocycles. The lowest BCUT2D eigenvalue weighted by atomic mass is 10.00. The molecule has 11 nitrogen and oxygen atoms in total. The van der Waals surface area contributed by atoms with Crippen LogP contribution in [0, 0.1) is 12.8 Å². The number of aliphatic hydroxyl groups excluding tert-OH is 1. The number of aliphatic hydroxyl groups is 1. The Morgan fingerprint density at radius 2 is 1.80 bits per heavy atom. The van der Waals surface area contributed by atoms with Crippen LogP contribution < -0.4 is 10.1 Å². The number of nitrogens with zero attached hydrogens (tertiary/aromatic N) is 4. The van der Waals surface area contributed by atoms with E-state index < -0.39 is 28.1 Å². The first-order valence-corrected chi connectivity index (χ1v) is 18.6. The van der Waals surface area contributed by atoms with E-state index in [-0.39, 0.29) is 53.4 Å². The van der Waals surface area contributed by atoms with E-state index in [1.54, 1.807) is 17.0 Å². The molecular formula is C36H43N5O6S2. The van der Waals surface area contributed by atoms with Crippen LogP contribution in [0.25, 0.3) is 0 Å². The third-order valence-corrected chi connectivity index (χ3v) is 11.3. The van der Waals surface area contributed by atoms with Crippen LogP contribution in [0.15, 0.2) is 83.3 Å². The Balaban J connectivity index is 1.37. The van der Waals surface area contributed by atoms with E-state index in [9.17, 15) is 23.1 Å². The summed E-state index contributed by atoms with van der Waals surface area (Å²) in [6.45, 7) is 6.20. The molecule has 1 saturated heterocycles. The van der Waals surface area contributed by atoms with Crippen molar-refractivity contribution in [3.05, 3.63) is 106 Å². The molecule has 0 spiro atoms. The molecule has 260 valence electrons. The predicted molar refractivity (Wildman–Crippen MR) is 188 cm³/mol. The lowest BCUT2D eigenvalue weighted by molar-refractivity contribution is 0.0734. The van der Waals surface area contributed by atoms with Crippen molar-refractivity contribution in [2.24, 2.45) is 5.92 Å². The van der Waals surface area contributed by atoms with Gasteiger partial charge in [0.25, 0.3) is 11.8 Å². The predicted octanol–water partition coefficient (Wildman–Crippen LogP) is 4.88. The number of benzene rings is 2. The van der Waals surface area contributed by atoms with Gasteiger partial charge in [-0.3, -0.25) is 14.6 Å². The molecule has 0 aliphatic carbocycles. The smallest absolute Gasteiger partial charge is 0.256 e. The van der Waals surface area contributed by atoms with Gasteiger partial charge in [0, 0.05) is 43.1 Å². The van der Waals surface area contributed by atoms with E-state index >= 15 is 0 Å². The highest BCUT2D eigenvalue weighted by molar-refractivity contribution is 7.89. The molecule has 3 atom stereocenters. The molecule has 13 heteroatoms. The summed E-state index contributed by atoms with van der Waals surface area (Å²) in [7, 11) is -2.50. The largest absolute Gasteiger partial charge is 0.497 e. The fraction of sp³-hybridized carbons (Fsp3) is 0.389. The van der Waals surface area contributed by atoms with Gasteiger partial charge in [-0.25, -0.2) is 13.4 Å². The number of nitrogens with one attached hydrogen (secondary N) is 1. The highest BCUT2D eigenvalue weighted by Crippen LogP contribution is 2.34. The molecule has 0 bridgehead atoms. The van der Waals surface area contributed by atoms with Crippen LogP contribution in [-0.2, 0) is 16.4 Å². The van der Waals surface area contributed by atoms with Gasteiger partial charge in [0.2, 0.25) is 10.0 Å². The number of aryl methyl sites for hydroxylation is 1. The molecule has 1 fully saturated rings. The second-order valence-corrected chi connectivity index (χ2v) is 15.5. The molecule has 2 N–H and O–H groups in total. The molecule has 5 rings (SSSR count). The molecule has 4 aromatic rings. The van der Waals surface area contributed by atoms with Gasteiger partial charge in [-0.2, -0.15) is 4.31 Å². The minimum absolute atomic E-state index is 0.0384. The van der Waals surface area contributed by atoms with E-state index in [4.69, 9.17) is 4.74 Å². The molecule has 0 saturated carbocycles. The van der Waals surface area contributed by atoms with Crippen molar-refractivity contribution in [1.82, 2.24) is 24.5 Å². The number of aromatic nitrogens is 2. The Morgan fingerprint density at radius 3 is 2.45 bits per heavy atom. The average molecular weight is 706 g/mol. The summed E-state index contributed by atoms with van der Waals surface area (Å²) >= 11 is 1.54. The number of likely N-dealkylation sites (tertiary alicyclic amines) is 1. The SMILES string of the molecule is COc1ccc(S(=O)(=O)N(CC(C)C)C[C@@H](O)[C@H](Cc2ccccc2)NC(=O)c2cncc(C(=O)N3CCC[C@@H]3c3nc(C)cs3)c2)cc1. The second-order valence-electron chi connectivity index (χ2n) is 12.7. The van der Waals surface area contributed by atoms with Crippen molar-refractivity contribution in [3.63, 3.8) is 0 Å². The number of hydrogen-bond acceptors (Lipinski definition) is 9. The molecule has 49 heavy (non-hydrogen) atoms. The summed E-state index contributed by atoms with van der Waals surface area (Å²) in [5.74, 6) is -0.283. The van der Waals surface area contributed by atoms with E-state index in [1.807, 2.05) is 56.5 Å². The number of hydrogen-bond donors (Lipinski definition) is 2. The van der Waals surface area contributed by atoms with Crippen molar-refractivity contribution in [2.45, 2.75) is 63.1 Å². The number of pyridine rings is 1.